The fourth-order valence-corrected chi connectivity index (χ4v) is 6.00. The summed E-state index contributed by atoms with van der Waals surface area (Å²) in [5.41, 5.74) is 3.66. The minimum absolute atomic E-state index is 0.0181. The van der Waals surface area contributed by atoms with E-state index >= 15 is 0 Å². The van der Waals surface area contributed by atoms with Crippen molar-refractivity contribution in [2.45, 2.75) is 57.5 Å². The van der Waals surface area contributed by atoms with Gasteiger partial charge in [-0.3, -0.25) is 14.7 Å². The van der Waals surface area contributed by atoms with Crippen molar-refractivity contribution in [1.29, 1.82) is 0 Å². The summed E-state index contributed by atoms with van der Waals surface area (Å²) < 4.78 is 2.23. The third-order valence-corrected chi connectivity index (χ3v) is 7.66. The highest BCUT2D eigenvalue weighted by molar-refractivity contribution is 5.83. The normalized spacial score (nSPS) is 20.8. The highest BCUT2D eigenvalue weighted by atomic mass is 16.1. The molecule has 174 valence electrons. The monoisotopic (exact) mass is 444 g/mol. The maximum atomic E-state index is 13.0. The average molecular weight is 445 g/mol. The third-order valence-electron chi connectivity index (χ3n) is 7.66. The van der Waals surface area contributed by atoms with Crippen LogP contribution in [0.4, 0.5) is 0 Å². The maximum absolute atomic E-state index is 13.0. The first-order valence-corrected chi connectivity index (χ1v) is 12.6. The Hall–Kier alpha value is -2.66. The van der Waals surface area contributed by atoms with Gasteiger partial charge in [-0.25, -0.2) is 0 Å². The van der Waals surface area contributed by atoms with Crippen molar-refractivity contribution in [3.05, 3.63) is 66.1 Å². The van der Waals surface area contributed by atoms with Gasteiger partial charge in [-0.1, -0.05) is 37.1 Å². The molecule has 0 spiro atoms. The molecule has 1 amide bonds. The average Bonchev–Trinajstić information content (AvgIpc) is 3.46. The Balaban J connectivity index is 1.31. The first kappa shape index (κ1) is 22.1. The van der Waals surface area contributed by atoms with Crippen molar-refractivity contribution < 1.29 is 4.79 Å². The number of aryl methyl sites for hydroxylation is 1. The number of benzene rings is 1. The second kappa shape index (κ2) is 10.1. The molecule has 0 bridgehead atoms. The van der Waals surface area contributed by atoms with E-state index in [-0.39, 0.29) is 11.9 Å². The van der Waals surface area contributed by atoms with E-state index in [1.165, 1.54) is 42.1 Å². The summed E-state index contributed by atoms with van der Waals surface area (Å²) in [6.07, 6.45) is 12.0. The van der Waals surface area contributed by atoms with Gasteiger partial charge in [0.25, 0.3) is 0 Å². The molecule has 5 rings (SSSR count). The molecule has 2 fully saturated rings. The van der Waals surface area contributed by atoms with E-state index in [0.717, 1.165) is 38.2 Å². The SMILES string of the molecule is Cn1cc(CN2CCCC(C(NC(=O)CC3CCCC3)c3ccccn3)C2)c2ccccc21. The van der Waals surface area contributed by atoms with Crippen LogP contribution in [-0.2, 0) is 18.4 Å². The number of pyridine rings is 1. The number of piperidine rings is 1. The molecule has 2 aliphatic rings. The number of para-hydroxylation sites is 1. The lowest BCUT2D eigenvalue weighted by molar-refractivity contribution is -0.123. The van der Waals surface area contributed by atoms with E-state index in [0.29, 0.717) is 18.3 Å². The van der Waals surface area contributed by atoms with Crippen LogP contribution in [0.25, 0.3) is 10.9 Å². The number of hydrogen-bond acceptors (Lipinski definition) is 3. The molecule has 5 nitrogen and oxygen atoms in total. The van der Waals surface area contributed by atoms with Crippen LogP contribution in [0.5, 0.6) is 0 Å². The van der Waals surface area contributed by atoms with E-state index < -0.39 is 0 Å². The van der Waals surface area contributed by atoms with Crippen LogP contribution in [0.3, 0.4) is 0 Å². The lowest BCUT2D eigenvalue weighted by Gasteiger charge is -2.37. The second-order valence-electron chi connectivity index (χ2n) is 10.1. The van der Waals surface area contributed by atoms with Gasteiger partial charge in [-0.05, 0) is 67.8 Å². The predicted molar refractivity (Wildman–Crippen MR) is 133 cm³/mol. The Kier molecular flexibility index (Phi) is 6.77. The number of nitrogens with zero attached hydrogens (tertiary/aromatic N) is 3. The summed E-state index contributed by atoms with van der Waals surface area (Å²) >= 11 is 0. The molecule has 1 aromatic carbocycles. The van der Waals surface area contributed by atoms with Crippen molar-refractivity contribution in [2.75, 3.05) is 13.1 Å². The molecule has 2 unspecified atom stereocenters. The number of nitrogens with one attached hydrogen (secondary N) is 1. The molecule has 33 heavy (non-hydrogen) atoms. The summed E-state index contributed by atoms with van der Waals surface area (Å²) in [5.74, 6) is 1.13. The van der Waals surface area contributed by atoms with Crippen LogP contribution >= 0.6 is 0 Å². The lowest BCUT2D eigenvalue weighted by atomic mass is 9.87. The predicted octanol–water partition coefficient (Wildman–Crippen LogP) is 5.22. The van der Waals surface area contributed by atoms with Crippen LogP contribution in [0.15, 0.2) is 54.9 Å². The molecule has 3 heterocycles. The van der Waals surface area contributed by atoms with Crippen LogP contribution in [0, 0.1) is 11.8 Å². The highest BCUT2D eigenvalue weighted by Crippen LogP contribution is 2.32. The zero-order valence-electron chi connectivity index (χ0n) is 19.7. The summed E-state index contributed by atoms with van der Waals surface area (Å²) in [4.78, 5) is 20.2. The van der Waals surface area contributed by atoms with E-state index in [4.69, 9.17) is 0 Å². The topological polar surface area (TPSA) is 50.2 Å². The molecule has 2 atom stereocenters. The minimum atomic E-state index is -0.0181. The van der Waals surface area contributed by atoms with Crippen molar-refractivity contribution in [2.24, 2.45) is 18.9 Å². The van der Waals surface area contributed by atoms with Gasteiger partial charge in [-0.2, -0.15) is 0 Å². The Morgan fingerprint density at radius 3 is 2.73 bits per heavy atom. The highest BCUT2D eigenvalue weighted by Gasteiger charge is 2.31. The van der Waals surface area contributed by atoms with Crippen molar-refractivity contribution in [1.82, 2.24) is 19.8 Å². The molecule has 3 aromatic rings. The number of likely N-dealkylation sites (tertiary alicyclic amines) is 1. The van der Waals surface area contributed by atoms with Gasteiger partial charge >= 0.3 is 0 Å². The summed E-state index contributed by atoms with van der Waals surface area (Å²) in [6.45, 7) is 3.03. The molecule has 0 radical (unpaired) electrons. The number of rotatable bonds is 7. The van der Waals surface area contributed by atoms with Gasteiger partial charge in [0.15, 0.2) is 0 Å². The third kappa shape index (κ3) is 5.14. The van der Waals surface area contributed by atoms with Gasteiger partial charge in [0.2, 0.25) is 5.91 Å². The van der Waals surface area contributed by atoms with E-state index in [1.54, 1.807) is 0 Å². The quantitative estimate of drug-likeness (QED) is 0.543. The largest absolute Gasteiger partial charge is 0.350 e. The fourth-order valence-electron chi connectivity index (χ4n) is 6.00. The Bertz CT molecular complexity index is 1070. The van der Waals surface area contributed by atoms with E-state index in [9.17, 15) is 4.79 Å². The van der Waals surface area contributed by atoms with E-state index in [2.05, 4.69) is 63.3 Å². The van der Waals surface area contributed by atoms with Gasteiger partial charge in [0.1, 0.15) is 0 Å². The van der Waals surface area contributed by atoms with Crippen molar-refractivity contribution in [3.63, 3.8) is 0 Å². The summed E-state index contributed by atoms with van der Waals surface area (Å²) in [6, 6.07) is 14.7. The van der Waals surface area contributed by atoms with Crippen LogP contribution in [0.1, 0.15) is 62.2 Å². The molecule has 1 aliphatic heterocycles. The summed E-state index contributed by atoms with van der Waals surface area (Å²) in [7, 11) is 2.13. The van der Waals surface area contributed by atoms with Gasteiger partial charge in [0.05, 0.1) is 11.7 Å². The Labute approximate surface area is 197 Å². The number of carbonyl (C=O) groups excluding carboxylic acids is 1. The number of aromatic nitrogens is 2. The van der Waals surface area contributed by atoms with E-state index in [1.807, 2.05) is 18.3 Å². The number of fused-ring (bicyclic) bond motifs is 1. The van der Waals surface area contributed by atoms with Crippen LogP contribution < -0.4 is 5.32 Å². The molecular formula is C28H36N4O. The fraction of sp³-hybridized carbons (Fsp3) is 0.500. The van der Waals surface area contributed by atoms with Crippen molar-refractivity contribution in [3.8, 4) is 0 Å². The van der Waals surface area contributed by atoms with Gasteiger partial charge < -0.3 is 9.88 Å². The van der Waals surface area contributed by atoms with Gasteiger partial charge in [0, 0.05) is 49.9 Å². The molecule has 1 N–H and O–H groups in total. The molecule has 2 aromatic heterocycles. The zero-order chi connectivity index (χ0) is 22.6. The molecular weight excluding hydrogens is 408 g/mol. The van der Waals surface area contributed by atoms with Gasteiger partial charge in [-0.15, -0.1) is 0 Å². The second-order valence-corrected chi connectivity index (χ2v) is 10.1. The minimum Gasteiger partial charge on any atom is -0.350 e. The summed E-state index contributed by atoms with van der Waals surface area (Å²) in [5, 5.41) is 4.76. The molecule has 1 saturated heterocycles. The first-order valence-electron chi connectivity index (χ1n) is 12.6. The first-order chi connectivity index (χ1) is 16.2. The Morgan fingerprint density at radius 2 is 1.91 bits per heavy atom. The zero-order valence-corrected chi connectivity index (χ0v) is 19.7. The van der Waals surface area contributed by atoms with Crippen molar-refractivity contribution >= 4 is 16.8 Å². The van der Waals surface area contributed by atoms with Crippen LogP contribution in [-0.4, -0.2) is 33.4 Å². The smallest absolute Gasteiger partial charge is 0.220 e. The Morgan fingerprint density at radius 1 is 1.09 bits per heavy atom. The molecule has 5 heteroatoms. The molecule has 1 aliphatic carbocycles. The molecule has 1 saturated carbocycles. The number of carbonyl (C=O) groups is 1. The van der Waals surface area contributed by atoms with Crippen LogP contribution in [0.2, 0.25) is 0 Å². The maximum Gasteiger partial charge on any atom is 0.220 e. The standard InChI is InChI=1S/C28H36N4O/c1-31-18-23(24-12-4-5-14-26(24)31)20-32-16-8-11-22(19-32)28(25-13-6-7-15-29-25)30-27(33)17-21-9-2-3-10-21/h4-7,12-15,18,21-22,28H,2-3,8-11,16-17,19-20H2,1H3,(H,30,33). The number of hydrogen-bond donors (Lipinski definition) is 1. The lowest BCUT2D eigenvalue weighted by Crippen LogP contribution is -2.43. The number of amides is 1.